The highest BCUT2D eigenvalue weighted by Gasteiger charge is 2.16. The Kier molecular flexibility index (Phi) is 3.42. The van der Waals surface area contributed by atoms with E-state index in [1.165, 1.54) is 0 Å². The Morgan fingerprint density at radius 3 is 2.94 bits per heavy atom. The molecule has 1 N–H and O–H groups in total. The molecule has 0 fully saturated rings. The standard InChI is InChI=1S/C13H17N3O/c1-3-6-12(17)16(4-2)11-8-5-7-10-13(11)15-9-14-10/h5,7-9H,3-4,6H2,1-2H3,(H,14,15). The van der Waals surface area contributed by atoms with Crippen molar-refractivity contribution in [2.24, 2.45) is 0 Å². The number of aromatic nitrogens is 2. The molecule has 90 valence electrons. The second-order valence-corrected chi connectivity index (χ2v) is 3.96. The number of rotatable bonds is 4. The number of benzene rings is 1. The van der Waals surface area contributed by atoms with E-state index in [-0.39, 0.29) is 5.91 Å². The lowest BCUT2D eigenvalue weighted by Gasteiger charge is -2.21. The summed E-state index contributed by atoms with van der Waals surface area (Å²) in [5.74, 6) is 0.158. The molecule has 4 nitrogen and oxygen atoms in total. The summed E-state index contributed by atoms with van der Waals surface area (Å²) in [7, 11) is 0. The molecule has 0 aliphatic heterocycles. The fourth-order valence-electron chi connectivity index (χ4n) is 2.00. The summed E-state index contributed by atoms with van der Waals surface area (Å²) in [6.07, 6.45) is 3.10. The van der Waals surface area contributed by atoms with Gasteiger partial charge in [-0.3, -0.25) is 4.79 Å². The van der Waals surface area contributed by atoms with Crippen LogP contribution in [0.5, 0.6) is 0 Å². The van der Waals surface area contributed by atoms with Gasteiger partial charge >= 0.3 is 0 Å². The summed E-state index contributed by atoms with van der Waals surface area (Å²) in [4.78, 5) is 21.2. The zero-order valence-corrected chi connectivity index (χ0v) is 10.2. The van der Waals surface area contributed by atoms with Crippen LogP contribution in [0.1, 0.15) is 26.7 Å². The molecule has 0 atom stereocenters. The molecule has 1 amide bonds. The Labute approximate surface area is 101 Å². The van der Waals surface area contributed by atoms with Crippen LogP contribution in [-0.4, -0.2) is 22.4 Å². The van der Waals surface area contributed by atoms with E-state index in [9.17, 15) is 4.79 Å². The summed E-state index contributed by atoms with van der Waals surface area (Å²) < 4.78 is 0. The average Bonchev–Trinajstić information content (AvgIpc) is 2.79. The molecule has 17 heavy (non-hydrogen) atoms. The number of amides is 1. The minimum Gasteiger partial charge on any atom is -0.345 e. The first-order valence-electron chi connectivity index (χ1n) is 6.00. The van der Waals surface area contributed by atoms with Gasteiger partial charge in [-0.05, 0) is 25.5 Å². The van der Waals surface area contributed by atoms with Gasteiger partial charge in [0, 0.05) is 13.0 Å². The molecular weight excluding hydrogens is 214 g/mol. The lowest BCUT2D eigenvalue weighted by molar-refractivity contribution is -0.118. The molecule has 0 spiro atoms. The van der Waals surface area contributed by atoms with Crippen LogP contribution in [0, 0.1) is 0 Å². The van der Waals surface area contributed by atoms with Crippen LogP contribution in [0.25, 0.3) is 11.0 Å². The SMILES string of the molecule is CCCC(=O)N(CC)c1cccc2[nH]cnc12. The van der Waals surface area contributed by atoms with Crippen molar-refractivity contribution < 1.29 is 4.79 Å². The number of carbonyl (C=O) groups is 1. The van der Waals surface area contributed by atoms with Gasteiger partial charge in [0.15, 0.2) is 0 Å². The maximum Gasteiger partial charge on any atom is 0.227 e. The number of anilines is 1. The maximum absolute atomic E-state index is 12.0. The molecule has 2 rings (SSSR count). The van der Waals surface area contributed by atoms with E-state index >= 15 is 0 Å². The van der Waals surface area contributed by atoms with Crippen molar-refractivity contribution in [3.05, 3.63) is 24.5 Å². The van der Waals surface area contributed by atoms with E-state index in [0.717, 1.165) is 23.1 Å². The number of hydrogen-bond donors (Lipinski definition) is 1. The smallest absolute Gasteiger partial charge is 0.227 e. The third-order valence-electron chi connectivity index (χ3n) is 2.80. The molecular formula is C13H17N3O. The average molecular weight is 231 g/mol. The molecule has 0 unspecified atom stereocenters. The van der Waals surface area contributed by atoms with Gasteiger partial charge in [-0.15, -0.1) is 0 Å². The van der Waals surface area contributed by atoms with Crippen LogP contribution in [0.3, 0.4) is 0 Å². The highest BCUT2D eigenvalue weighted by Crippen LogP contribution is 2.24. The second-order valence-electron chi connectivity index (χ2n) is 3.96. The topological polar surface area (TPSA) is 49.0 Å². The summed E-state index contributed by atoms with van der Waals surface area (Å²) in [6.45, 7) is 4.67. The fourth-order valence-corrected chi connectivity index (χ4v) is 2.00. The van der Waals surface area contributed by atoms with Crippen molar-refractivity contribution in [3.63, 3.8) is 0 Å². The second kappa shape index (κ2) is 4.99. The molecule has 0 aliphatic carbocycles. The number of para-hydroxylation sites is 1. The molecule has 0 radical (unpaired) electrons. The number of hydrogen-bond acceptors (Lipinski definition) is 2. The van der Waals surface area contributed by atoms with Gasteiger partial charge in [-0.25, -0.2) is 4.98 Å². The molecule has 1 heterocycles. The van der Waals surface area contributed by atoms with Crippen molar-refractivity contribution in [3.8, 4) is 0 Å². The number of imidazole rings is 1. The van der Waals surface area contributed by atoms with Crippen LogP contribution >= 0.6 is 0 Å². The van der Waals surface area contributed by atoms with Gasteiger partial charge in [-0.2, -0.15) is 0 Å². The molecule has 0 aliphatic rings. The number of carbonyl (C=O) groups excluding carboxylic acids is 1. The van der Waals surface area contributed by atoms with E-state index in [1.54, 1.807) is 11.2 Å². The summed E-state index contributed by atoms with van der Waals surface area (Å²) in [5, 5.41) is 0. The Balaban J connectivity index is 2.42. The van der Waals surface area contributed by atoms with Gasteiger partial charge in [0.2, 0.25) is 5.91 Å². The third-order valence-corrected chi connectivity index (χ3v) is 2.80. The minimum absolute atomic E-state index is 0.158. The minimum atomic E-state index is 0.158. The van der Waals surface area contributed by atoms with Gasteiger partial charge in [0.25, 0.3) is 0 Å². The largest absolute Gasteiger partial charge is 0.345 e. The maximum atomic E-state index is 12.0. The Morgan fingerprint density at radius 2 is 2.24 bits per heavy atom. The number of nitrogens with zero attached hydrogens (tertiary/aromatic N) is 2. The van der Waals surface area contributed by atoms with Crippen molar-refractivity contribution in [1.82, 2.24) is 9.97 Å². The molecule has 0 saturated carbocycles. The van der Waals surface area contributed by atoms with Crippen LogP contribution in [0.4, 0.5) is 5.69 Å². The zero-order chi connectivity index (χ0) is 12.3. The molecule has 2 aromatic rings. The van der Waals surface area contributed by atoms with Gasteiger partial charge in [0.05, 0.1) is 17.5 Å². The Hall–Kier alpha value is -1.84. The van der Waals surface area contributed by atoms with Crippen LogP contribution in [-0.2, 0) is 4.79 Å². The summed E-state index contributed by atoms with van der Waals surface area (Å²) in [6, 6.07) is 5.85. The highest BCUT2D eigenvalue weighted by atomic mass is 16.2. The molecule has 0 saturated heterocycles. The summed E-state index contributed by atoms with van der Waals surface area (Å²) >= 11 is 0. The number of H-pyrrole nitrogens is 1. The molecule has 0 bridgehead atoms. The number of aromatic amines is 1. The third kappa shape index (κ3) is 2.16. The van der Waals surface area contributed by atoms with Crippen molar-refractivity contribution in [2.75, 3.05) is 11.4 Å². The summed E-state index contributed by atoms with van der Waals surface area (Å²) in [5.41, 5.74) is 2.72. The normalized spacial score (nSPS) is 10.7. The van der Waals surface area contributed by atoms with E-state index in [4.69, 9.17) is 0 Å². The first kappa shape index (κ1) is 11.6. The van der Waals surface area contributed by atoms with E-state index in [2.05, 4.69) is 9.97 Å². The molecule has 1 aromatic heterocycles. The predicted octanol–water partition coefficient (Wildman–Crippen LogP) is 2.72. The van der Waals surface area contributed by atoms with E-state index in [1.807, 2.05) is 32.0 Å². The first-order valence-corrected chi connectivity index (χ1v) is 6.00. The highest BCUT2D eigenvalue weighted by molar-refractivity contribution is 6.01. The Bertz CT molecular complexity index is 518. The first-order chi connectivity index (χ1) is 8.27. The van der Waals surface area contributed by atoms with Gasteiger partial charge < -0.3 is 9.88 Å². The monoisotopic (exact) mass is 231 g/mol. The van der Waals surface area contributed by atoms with E-state index in [0.29, 0.717) is 13.0 Å². The van der Waals surface area contributed by atoms with Crippen LogP contribution < -0.4 is 4.90 Å². The van der Waals surface area contributed by atoms with Gasteiger partial charge in [-0.1, -0.05) is 13.0 Å². The zero-order valence-electron chi connectivity index (χ0n) is 10.2. The van der Waals surface area contributed by atoms with E-state index < -0.39 is 0 Å². The van der Waals surface area contributed by atoms with Crippen molar-refractivity contribution in [2.45, 2.75) is 26.7 Å². The predicted molar refractivity (Wildman–Crippen MR) is 69.0 cm³/mol. The van der Waals surface area contributed by atoms with Crippen LogP contribution in [0.15, 0.2) is 24.5 Å². The van der Waals surface area contributed by atoms with Crippen molar-refractivity contribution in [1.29, 1.82) is 0 Å². The number of fused-ring (bicyclic) bond motifs is 1. The molecule has 1 aromatic carbocycles. The lowest BCUT2D eigenvalue weighted by Crippen LogP contribution is -2.30. The molecule has 4 heteroatoms. The quantitative estimate of drug-likeness (QED) is 0.879. The van der Waals surface area contributed by atoms with Gasteiger partial charge in [0.1, 0.15) is 5.52 Å². The Morgan fingerprint density at radius 1 is 1.41 bits per heavy atom. The van der Waals surface area contributed by atoms with Crippen LogP contribution in [0.2, 0.25) is 0 Å². The van der Waals surface area contributed by atoms with Crippen molar-refractivity contribution >= 4 is 22.6 Å². The fraction of sp³-hybridized carbons (Fsp3) is 0.385. The lowest BCUT2D eigenvalue weighted by atomic mass is 10.2. The number of nitrogens with one attached hydrogen (secondary N) is 1.